The van der Waals surface area contributed by atoms with Gasteiger partial charge in [-0.25, -0.2) is 4.39 Å². The van der Waals surface area contributed by atoms with Crippen molar-refractivity contribution >= 4 is 28.3 Å². The van der Waals surface area contributed by atoms with Gasteiger partial charge in [0.1, 0.15) is 5.82 Å². The molecule has 0 radical (unpaired) electrons. The second-order valence-electron chi connectivity index (χ2n) is 8.26. The van der Waals surface area contributed by atoms with Crippen LogP contribution in [0, 0.1) is 5.82 Å². The monoisotopic (exact) mass is 461 g/mol. The Bertz CT molecular complexity index is 1300. The molecule has 0 aliphatic heterocycles. The minimum Gasteiger partial charge on any atom is -0.481 e. The van der Waals surface area contributed by atoms with Crippen LogP contribution in [0.4, 0.5) is 4.39 Å². The van der Waals surface area contributed by atoms with Crippen LogP contribution in [0.3, 0.4) is 0 Å². The van der Waals surface area contributed by atoms with E-state index in [0.717, 1.165) is 33.0 Å². The Hall–Kier alpha value is -3.21. The van der Waals surface area contributed by atoms with Gasteiger partial charge in [0.05, 0.1) is 0 Å². The first-order valence-electron chi connectivity index (χ1n) is 10.9. The van der Waals surface area contributed by atoms with E-state index in [0.29, 0.717) is 17.1 Å². The minimum absolute atomic E-state index is 0.0327. The van der Waals surface area contributed by atoms with Gasteiger partial charge in [-0.15, -0.1) is 0 Å². The molecule has 0 bridgehead atoms. The third kappa shape index (κ3) is 5.78. The molecule has 1 unspecified atom stereocenters. The molecule has 0 fully saturated rings. The fourth-order valence-corrected chi connectivity index (χ4v) is 4.28. The van der Waals surface area contributed by atoms with E-state index in [1.807, 2.05) is 54.6 Å². The van der Waals surface area contributed by atoms with Gasteiger partial charge < -0.3 is 10.4 Å². The number of halogens is 2. The van der Waals surface area contributed by atoms with Crippen LogP contribution in [0.2, 0.25) is 5.02 Å². The number of hydrogen-bond donors (Lipinski definition) is 2. The van der Waals surface area contributed by atoms with E-state index >= 15 is 0 Å². The summed E-state index contributed by atoms with van der Waals surface area (Å²) in [4.78, 5) is 11.0. The van der Waals surface area contributed by atoms with Crippen LogP contribution in [0.15, 0.2) is 78.9 Å². The van der Waals surface area contributed by atoms with Crippen molar-refractivity contribution in [3.8, 4) is 11.1 Å². The fraction of sp³-hybridized carbons (Fsp3) is 0.179. The highest BCUT2D eigenvalue weighted by Crippen LogP contribution is 2.32. The fourth-order valence-electron chi connectivity index (χ4n) is 4.08. The lowest BCUT2D eigenvalue weighted by Crippen LogP contribution is -2.18. The Morgan fingerprint density at radius 2 is 1.82 bits per heavy atom. The Balaban J connectivity index is 1.67. The average Bonchev–Trinajstić information content (AvgIpc) is 2.80. The number of carbonyl (C=O) groups is 1. The number of fused-ring (bicyclic) bond motifs is 1. The molecule has 0 saturated carbocycles. The van der Waals surface area contributed by atoms with Crippen molar-refractivity contribution in [1.29, 1.82) is 0 Å². The Labute approximate surface area is 197 Å². The van der Waals surface area contributed by atoms with Gasteiger partial charge in [-0.05, 0) is 88.3 Å². The molecule has 0 heterocycles. The van der Waals surface area contributed by atoms with E-state index in [2.05, 4.69) is 24.4 Å². The molecule has 4 aromatic rings. The zero-order chi connectivity index (χ0) is 23.4. The lowest BCUT2D eigenvalue weighted by Gasteiger charge is -2.17. The van der Waals surface area contributed by atoms with Gasteiger partial charge in [0.15, 0.2) is 0 Å². The van der Waals surface area contributed by atoms with Crippen LogP contribution in [-0.4, -0.2) is 11.1 Å². The molecular formula is C28H25ClFNO2. The molecular weight excluding hydrogens is 437 g/mol. The molecule has 0 aliphatic rings. The normalized spacial score (nSPS) is 12.1. The molecule has 168 valence electrons. The number of benzene rings is 4. The lowest BCUT2D eigenvalue weighted by molar-refractivity contribution is -0.136. The highest BCUT2D eigenvalue weighted by atomic mass is 35.5. The topological polar surface area (TPSA) is 49.3 Å². The van der Waals surface area contributed by atoms with Crippen LogP contribution >= 0.6 is 11.6 Å². The SMILES string of the molecule is CC(NCc1cc(-c2cc(F)cc(CCC(=O)O)c2)c2ccccc2c1)c1cccc(Cl)c1. The predicted octanol–water partition coefficient (Wildman–Crippen LogP) is 7.17. The van der Waals surface area contributed by atoms with Gasteiger partial charge in [0.25, 0.3) is 0 Å². The first kappa shape index (κ1) is 23.0. The maximum atomic E-state index is 14.4. The second kappa shape index (κ2) is 10.2. The Kier molecular flexibility index (Phi) is 7.07. The number of nitrogens with one attached hydrogen (secondary N) is 1. The number of aryl methyl sites for hydroxylation is 1. The number of aliphatic carboxylic acids is 1. The van der Waals surface area contributed by atoms with Crippen LogP contribution in [0.1, 0.15) is 36.1 Å². The summed E-state index contributed by atoms with van der Waals surface area (Å²) in [7, 11) is 0. The van der Waals surface area contributed by atoms with Crippen LogP contribution in [0.25, 0.3) is 21.9 Å². The van der Waals surface area contributed by atoms with Gasteiger partial charge in [0.2, 0.25) is 0 Å². The zero-order valence-corrected chi connectivity index (χ0v) is 19.1. The van der Waals surface area contributed by atoms with Crippen molar-refractivity contribution in [3.05, 3.63) is 106 Å². The van der Waals surface area contributed by atoms with E-state index in [9.17, 15) is 9.18 Å². The second-order valence-corrected chi connectivity index (χ2v) is 8.70. The van der Waals surface area contributed by atoms with Crippen LogP contribution < -0.4 is 5.32 Å². The summed E-state index contributed by atoms with van der Waals surface area (Å²) in [6.45, 7) is 2.72. The maximum absolute atomic E-state index is 14.4. The molecule has 1 atom stereocenters. The molecule has 0 amide bonds. The summed E-state index contributed by atoms with van der Waals surface area (Å²) in [6, 6.07) is 25.0. The molecule has 0 aromatic heterocycles. The van der Waals surface area contributed by atoms with Gasteiger partial charge in [-0.1, -0.05) is 54.1 Å². The number of hydrogen-bond acceptors (Lipinski definition) is 2. The third-order valence-electron chi connectivity index (χ3n) is 5.78. The number of rotatable bonds is 8. The lowest BCUT2D eigenvalue weighted by atomic mass is 9.93. The Morgan fingerprint density at radius 1 is 1.00 bits per heavy atom. The van der Waals surface area contributed by atoms with Gasteiger partial charge in [0, 0.05) is 24.0 Å². The molecule has 4 rings (SSSR count). The number of carboxylic acids is 1. The molecule has 5 heteroatoms. The highest BCUT2D eigenvalue weighted by molar-refractivity contribution is 6.30. The van der Waals surface area contributed by atoms with E-state index in [4.69, 9.17) is 16.7 Å². The molecule has 0 aliphatic carbocycles. The summed E-state index contributed by atoms with van der Waals surface area (Å²) in [5.41, 5.74) is 4.54. The quantitative estimate of drug-likeness (QED) is 0.292. The van der Waals surface area contributed by atoms with Crippen molar-refractivity contribution in [2.45, 2.75) is 32.4 Å². The van der Waals surface area contributed by atoms with Crippen LogP contribution in [0.5, 0.6) is 0 Å². The molecule has 4 aromatic carbocycles. The van der Waals surface area contributed by atoms with E-state index in [-0.39, 0.29) is 24.7 Å². The van der Waals surface area contributed by atoms with Crippen molar-refractivity contribution in [1.82, 2.24) is 5.32 Å². The summed E-state index contributed by atoms with van der Waals surface area (Å²) in [5, 5.41) is 15.3. The maximum Gasteiger partial charge on any atom is 0.303 e. The first-order valence-corrected chi connectivity index (χ1v) is 11.3. The van der Waals surface area contributed by atoms with E-state index in [1.54, 1.807) is 0 Å². The molecule has 3 nitrogen and oxygen atoms in total. The molecule has 33 heavy (non-hydrogen) atoms. The van der Waals surface area contributed by atoms with Crippen molar-refractivity contribution in [2.24, 2.45) is 0 Å². The largest absolute Gasteiger partial charge is 0.481 e. The van der Waals surface area contributed by atoms with Crippen molar-refractivity contribution in [3.63, 3.8) is 0 Å². The smallest absolute Gasteiger partial charge is 0.303 e. The molecule has 0 saturated heterocycles. The minimum atomic E-state index is -0.895. The highest BCUT2D eigenvalue weighted by Gasteiger charge is 2.12. The first-order chi connectivity index (χ1) is 15.9. The van der Waals surface area contributed by atoms with Gasteiger partial charge >= 0.3 is 5.97 Å². The summed E-state index contributed by atoms with van der Waals surface area (Å²) >= 11 is 6.13. The summed E-state index contributed by atoms with van der Waals surface area (Å²) in [5.74, 6) is -1.26. The standard InChI is InChI=1S/C28H25ClFNO2/c1-18(21-6-4-7-24(29)15-21)31-17-20-12-22-5-2-3-8-26(22)27(14-20)23-11-19(9-10-28(32)33)13-25(30)16-23/h2-8,11-16,18,31H,9-10,17H2,1H3,(H,32,33). The summed E-state index contributed by atoms with van der Waals surface area (Å²) in [6.07, 6.45) is 0.255. The van der Waals surface area contributed by atoms with Crippen molar-refractivity contribution < 1.29 is 14.3 Å². The van der Waals surface area contributed by atoms with Gasteiger partial charge in [-0.3, -0.25) is 4.79 Å². The van der Waals surface area contributed by atoms with Gasteiger partial charge in [-0.2, -0.15) is 0 Å². The number of carboxylic acid groups (broad SMARTS) is 1. The Morgan fingerprint density at radius 3 is 2.61 bits per heavy atom. The predicted molar refractivity (Wildman–Crippen MR) is 132 cm³/mol. The third-order valence-corrected chi connectivity index (χ3v) is 6.01. The molecule has 2 N–H and O–H groups in total. The van der Waals surface area contributed by atoms with E-state index in [1.165, 1.54) is 12.1 Å². The van der Waals surface area contributed by atoms with Crippen molar-refractivity contribution in [2.75, 3.05) is 0 Å². The van der Waals surface area contributed by atoms with E-state index < -0.39 is 5.97 Å². The summed E-state index contributed by atoms with van der Waals surface area (Å²) < 4.78 is 14.4. The van der Waals surface area contributed by atoms with Crippen LogP contribution in [-0.2, 0) is 17.8 Å². The average molecular weight is 462 g/mol. The molecule has 0 spiro atoms. The zero-order valence-electron chi connectivity index (χ0n) is 18.3.